The van der Waals surface area contributed by atoms with Crippen LogP contribution < -0.4 is 11.1 Å². The highest BCUT2D eigenvalue weighted by Gasteiger charge is 2.27. The second-order valence-corrected chi connectivity index (χ2v) is 8.66. The summed E-state index contributed by atoms with van der Waals surface area (Å²) in [4.78, 5) is 42.8. The van der Waals surface area contributed by atoms with Gasteiger partial charge in [-0.1, -0.05) is 18.2 Å². The highest BCUT2D eigenvalue weighted by molar-refractivity contribution is 7.17. The largest absolute Gasteiger partial charge is 0.452 e. The standard InChI is InChI=1S/C23H23N3O5S/c1-12-13-6-3-4-8-15(13)25-16(10-30-2)19(12)23(29)31-11-18(27)26-22-20(21(24)28)14-7-5-9-17(14)32-22/h3-4,6,8H,5,7,9-11H2,1-2H3,(H2,24,28)(H,26,27). The van der Waals surface area contributed by atoms with Gasteiger partial charge in [-0.3, -0.25) is 9.59 Å². The smallest absolute Gasteiger partial charge is 0.340 e. The van der Waals surface area contributed by atoms with Gasteiger partial charge in [0.15, 0.2) is 6.61 Å². The number of ether oxygens (including phenoxy) is 2. The fourth-order valence-corrected chi connectivity index (χ4v) is 5.38. The maximum absolute atomic E-state index is 12.9. The molecule has 0 fully saturated rings. The molecule has 0 saturated heterocycles. The molecule has 3 aromatic rings. The number of rotatable bonds is 7. The molecule has 2 amide bonds. The maximum Gasteiger partial charge on any atom is 0.340 e. The number of fused-ring (bicyclic) bond motifs is 2. The number of nitrogens with two attached hydrogens (primary N) is 1. The van der Waals surface area contributed by atoms with Crippen LogP contribution in [-0.4, -0.2) is 36.5 Å². The SMILES string of the molecule is COCc1nc2ccccc2c(C)c1C(=O)OCC(=O)Nc1sc2c(c1C(N)=O)CCC2. The van der Waals surface area contributed by atoms with Crippen molar-refractivity contribution < 1.29 is 23.9 Å². The third-order valence-electron chi connectivity index (χ3n) is 5.47. The number of esters is 1. The highest BCUT2D eigenvalue weighted by atomic mass is 32.1. The first-order valence-electron chi connectivity index (χ1n) is 10.2. The van der Waals surface area contributed by atoms with Gasteiger partial charge in [0.1, 0.15) is 5.00 Å². The fraction of sp³-hybridized carbons (Fsp3) is 0.304. The van der Waals surface area contributed by atoms with E-state index in [1.165, 1.54) is 18.4 Å². The van der Waals surface area contributed by atoms with Crippen LogP contribution in [0, 0.1) is 6.92 Å². The number of amides is 2. The van der Waals surface area contributed by atoms with Gasteiger partial charge in [-0.15, -0.1) is 11.3 Å². The van der Waals surface area contributed by atoms with Crippen LogP contribution in [0.4, 0.5) is 5.00 Å². The van der Waals surface area contributed by atoms with Gasteiger partial charge in [-0.05, 0) is 43.4 Å². The first-order valence-corrected chi connectivity index (χ1v) is 11.0. The van der Waals surface area contributed by atoms with E-state index in [1.54, 1.807) is 0 Å². The van der Waals surface area contributed by atoms with Gasteiger partial charge >= 0.3 is 5.97 Å². The molecule has 0 radical (unpaired) electrons. The van der Waals surface area contributed by atoms with Crippen molar-refractivity contribution in [2.45, 2.75) is 32.8 Å². The number of methoxy groups -OCH3 is 1. The maximum atomic E-state index is 12.9. The van der Waals surface area contributed by atoms with Crippen molar-refractivity contribution >= 4 is 45.0 Å². The van der Waals surface area contributed by atoms with Crippen molar-refractivity contribution in [3.05, 3.63) is 57.1 Å². The van der Waals surface area contributed by atoms with Crippen LogP contribution in [0.25, 0.3) is 10.9 Å². The lowest BCUT2D eigenvalue weighted by atomic mass is 10.0. The van der Waals surface area contributed by atoms with Crippen LogP contribution >= 0.6 is 11.3 Å². The number of hydrogen-bond donors (Lipinski definition) is 2. The summed E-state index contributed by atoms with van der Waals surface area (Å²) in [5.74, 6) is -1.77. The number of anilines is 1. The Labute approximate surface area is 188 Å². The van der Waals surface area contributed by atoms with Crippen LogP contribution in [0.2, 0.25) is 0 Å². The second kappa shape index (κ2) is 9.05. The van der Waals surface area contributed by atoms with Crippen LogP contribution in [0.3, 0.4) is 0 Å². The number of para-hydroxylation sites is 1. The first kappa shape index (κ1) is 21.9. The minimum absolute atomic E-state index is 0.130. The Morgan fingerprint density at radius 1 is 1.19 bits per heavy atom. The number of benzene rings is 1. The van der Waals surface area contributed by atoms with Crippen molar-refractivity contribution in [3.63, 3.8) is 0 Å². The number of aryl methyl sites for hydroxylation is 2. The molecule has 1 aliphatic rings. The van der Waals surface area contributed by atoms with Crippen LogP contribution in [-0.2, 0) is 33.7 Å². The summed E-state index contributed by atoms with van der Waals surface area (Å²) in [6.07, 6.45) is 2.60. The predicted octanol–water partition coefficient (Wildman–Crippen LogP) is 3.13. The number of hydrogen-bond acceptors (Lipinski definition) is 7. The van der Waals surface area contributed by atoms with Gasteiger partial charge in [0.2, 0.25) is 0 Å². The van der Waals surface area contributed by atoms with Gasteiger partial charge in [0.25, 0.3) is 11.8 Å². The van der Waals surface area contributed by atoms with Crippen molar-refractivity contribution in [1.29, 1.82) is 0 Å². The Bertz CT molecular complexity index is 1230. The zero-order chi connectivity index (χ0) is 22.8. The summed E-state index contributed by atoms with van der Waals surface area (Å²) in [5.41, 5.74) is 8.98. The topological polar surface area (TPSA) is 121 Å². The lowest BCUT2D eigenvalue weighted by Gasteiger charge is -2.14. The molecular weight excluding hydrogens is 430 g/mol. The number of carbonyl (C=O) groups excluding carboxylic acids is 3. The van der Waals surface area contributed by atoms with Gasteiger partial charge in [-0.25, -0.2) is 9.78 Å². The van der Waals surface area contributed by atoms with E-state index >= 15 is 0 Å². The molecule has 32 heavy (non-hydrogen) atoms. The normalized spacial score (nSPS) is 12.6. The molecule has 0 saturated carbocycles. The van der Waals surface area contributed by atoms with Crippen LogP contribution in [0.5, 0.6) is 0 Å². The van der Waals surface area contributed by atoms with Crippen LogP contribution in [0.15, 0.2) is 24.3 Å². The summed E-state index contributed by atoms with van der Waals surface area (Å²) in [6, 6.07) is 7.47. The van der Waals surface area contributed by atoms with Gasteiger partial charge in [-0.2, -0.15) is 0 Å². The number of carbonyl (C=O) groups is 3. The van der Waals surface area contributed by atoms with E-state index < -0.39 is 24.4 Å². The predicted molar refractivity (Wildman–Crippen MR) is 121 cm³/mol. The molecule has 2 heterocycles. The van der Waals surface area contributed by atoms with Gasteiger partial charge in [0, 0.05) is 17.4 Å². The third-order valence-corrected chi connectivity index (χ3v) is 6.67. The summed E-state index contributed by atoms with van der Waals surface area (Å²) >= 11 is 1.35. The number of nitrogens with one attached hydrogen (secondary N) is 1. The molecule has 2 aromatic heterocycles. The molecule has 0 aliphatic heterocycles. The zero-order valence-electron chi connectivity index (χ0n) is 17.8. The number of thiophene rings is 1. The van der Waals surface area contributed by atoms with Gasteiger partial charge < -0.3 is 20.5 Å². The minimum atomic E-state index is -0.660. The first-order chi connectivity index (χ1) is 15.4. The van der Waals surface area contributed by atoms with E-state index in [0.717, 1.165) is 40.6 Å². The average Bonchev–Trinajstić information content (AvgIpc) is 3.33. The molecule has 0 atom stereocenters. The highest BCUT2D eigenvalue weighted by Crippen LogP contribution is 2.38. The Morgan fingerprint density at radius 2 is 1.97 bits per heavy atom. The monoisotopic (exact) mass is 453 g/mol. The molecule has 166 valence electrons. The quantitative estimate of drug-likeness (QED) is 0.530. The molecule has 3 N–H and O–H groups in total. The molecule has 4 rings (SSSR count). The number of pyridine rings is 1. The van der Waals surface area contributed by atoms with Crippen molar-refractivity contribution in [3.8, 4) is 0 Å². The van der Waals surface area contributed by atoms with Gasteiger partial charge in [0.05, 0.1) is 28.9 Å². The van der Waals surface area contributed by atoms with E-state index in [0.29, 0.717) is 21.8 Å². The van der Waals surface area contributed by atoms with Crippen molar-refractivity contribution in [2.75, 3.05) is 19.0 Å². The van der Waals surface area contributed by atoms with E-state index in [9.17, 15) is 14.4 Å². The van der Waals surface area contributed by atoms with E-state index in [-0.39, 0.29) is 12.2 Å². The minimum Gasteiger partial charge on any atom is -0.452 e. The second-order valence-electron chi connectivity index (χ2n) is 7.56. The molecule has 1 aromatic carbocycles. The summed E-state index contributed by atoms with van der Waals surface area (Å²) < 4.78 is 10.5. The van der Waals surface area contributed by atoms with Crippen LogP contribution in [0.1, 0.15) is 48.8 Å². The molecule has 8 nitrogen and oxygen atoms in total. The number of nitrogens with zero attached hydrogens (tertiary/aromatic N) is 1. The molecule has 0 unspecified atom stereocenters. The Hall–Kier alpha value is -3.30. The fourth-order valence-electron chi connectivity index (χ4n) is 4.07. The zero-order valence-corrected chi connectivity index (χ0v) is 18.6. The summed E-state index contributed by atoms with van der Waals surface area (Å²) in [7, 11) is 1.52. The Morgan fingerprint density at radius 3 is 2.72 bits per heavy atom. The summed E-state index contributed by atoms with van der Waals surface area (Å²) in [5, 5.41) is 3.90. The molecule has 0 bridgehead atoms. The summed E-state index contributed by atoms with van der Waals surface area (Å²) in [6.45, 7) is 1.44. The lowest BCUT2D eigenvalue weighted by Crippen LogP contribution is -2.23. The van der Waals surface area contributed by atoms with Crippen molar-refractivity contribution in [1.82, 2.24) is 4.98 Å². The Kier molecular flexibility index (Phi) is 6.20. The van der Waals surface area contributed by atoms with E-state index in [1.807, 2.05) is 31.2 Å². The van der Waals surface area contributed by atoms with E-state index in [4.69, 9.17) is 15.2 Å². The number of aromatic nitrogens is 1. The third kappa shape index (κ3) is 4.09. The molecule has 0 spiro atoms. The molecular formula is C23H23N3O5S. The Balaban J connectivity index is 1.51. The van der Waals surface area contributed by atoms with E-state index in [2.05, 4.69) is 10.3 Å². The average molecular weight is 454 g/mol. The number of primary amides is 1. The molecule has 9 heteroatoms. The molecule has 1 aliphatic carbocycles. The van der Waals surface area contributed by atoms with Crippen molar-refractivity contribution in [2.24, 2.45) is 5.73 Å². The lowest BCUT2D eigenvalue weighted by molar-refractivity contribution is -0.119.